The third-order valence-corrected chi connectivity index (χ3v) is 4.14. The molecule has 1 aliphatic rings. The summed E-state index contributed by atoms with van der Waals surface area (Å²) >= 11 is 11.8. The quantitative estimate of drug-likeness (QED) is 0.751. The number of hydrogen-bond donors (Lipinski definition) is 3. The Hall–Kier alpha value is -0.810. The largest absolute Gasteiger partial charge is 0.387 e. The molecule has 6 heteroatoms. The van der Waals surface area contributed by atoms with Gasteiger partial charge in [0, 0.05) is 23.0 Å². The predicted octanol–water partition coefficient (Wildman–Crippen LogP) is 2.53. The van der Waals surface area contributed by atoms with Gasteiger partial charge in [-0.3, -0.25) is 4.79 Å². The SMILES string of the molecule is O=C(CCC1CCNC1)NCC(O)c1cc(Cl)cc(Cl)c1. The van der Waals surface area contributed by atoms with Crippen LogP contribution < -0.4 is 10.6 Å². The van der Waals surface area contributed by atoms with Crippen LogP contribution in [0.4, 0.5) is 0 Å². The average molecular weight is 331 g/mol. The summed E-state index contributed by atoms with van der Waals surface area (Å²) in [6, 6.07) is 4.90. The molecular formula is C15H20Cl2N2O2. The monoisotopic (exact) mass is 330 g/mol. The van der Waals surface area contributed by atoms with Gasteiger partial charge in [-0.25, -0.2) is 0 Å². The Kier molecular flexibility index (Phi) is 6.30. The van der Waals surface area contributed by atoms with Crippen LogP contribution in [-0.4, -0.2) is 30.6 Å². The van der Waals surface area contributed by atoms with E-state index < -0.39 is 6.10 Å². The Morgan fingerprint density at radius 1 is 1.38 bits per heavy atom. The van der Waals surface area contributed by atoms with Crippen molar-refractivity contribution in [3.05, 3.63) is 33.8 Å². The van der Waals surface area contributed by atoms with Gasteiger partial charge in [-0.1, -0.05) is 23.2 Å². The molecule has 1 amide bonds. The van der Waals surface area contributed by atoms with Crippen molar-refractivity contribution in [3.63, 3.8) is 0 Å². The zero-order valence-electron chi connectivity index (χ0n) is 11.7. The predicted molar refractivity (Wildman–Crippen MR) is 84.6 cm³/mol. The van der Waals surface area contributed by atoms with Crippen LogP contribution in [0.1, 0.15) is 30.9 Å². The molecule has 0 radical (unpaired) electrons. The van der Waals surface area contributed by atoms with E-state index in [4.69, 9.17) is 23.2 Å². The van der Waals surface area contributed by atoms with Gasteiger partial charge in [0.1, 0.15) is 0 Å². The molecule has 1 saturated heterocycles. The fraction of sp³-hybridized carbons (Fsp3) is 0.533. The van der Waals surface area contributed by atoms with Crippen LogP contribution in [0.15, 0.2) is 18.2 Å². The molecule has 0 aromatic heterocycles. The number of benzene rings is 1. The van der Waals surface area contributed by atoms with Gasteiger partial charge in [-0.05, 0) is 55.6 Å². The summed E-state index contributed by atoms with van der Waals surface area (Å²) in [5.41, 5.74) is 0.604. The van der Waals surface area contributed by atoms with E-state index in [1.165, 1.54) is 0 Å². The number of halogens is 2. The lowest BCUT2D eigenvalue weighted by molar-refractivity contribution is -0.121. The minimum Gasteiger partial charge on any atom is -0.387 e. The highest BCUT2D eigenvalue weighted by atomic mass is 35.5. The second-order valence-corrected chi connectivity index (χ2v) is 6.29. The molecule has 1 aromatic carbocycles. The molecular weight excluding hydrogens is 311 g/mol. The number of hydrogen-bond acceptors (Lipinski definition) is 3. The van der Waals surface area contributed by atoms with E-state index in [2.05, 4.69) is 10.6 Å². The summed E-state index contributed by atoms with van der Waals surface area (Å²) in [5.74, 6) is 0.557. The van der Waals surface area contributed by atoms with Gasteiger partial charge < -0.3 is 15.7 Å². The normalized spacial score (nSPS) is 19.5. The molecule has 0 saturated carbocycles. The molecule has 116 valence electrons. The topological polar surface area (TPSA) is 61.4 Å². The zero-order chi connectivity index (χ0) is 15.2. The molecule has 0 spiro atoms. The van der Waals surface area contributed by atoms with E-state index in [1.54, 1.807) is 18.2 Å². The second kappa shape index (κ2) is 7.99. The van der Waals surface area contributed by atoms with Crippen LogP contribution in [0.5, 0.6) is 0 Å². The molecule has 4 nitrogen and oxygen atoms in total. The molecule has 2 rings (SSSR count). The standard InChI is InChI=1S/C15H20Cl2N2O2/c16-12-5-11(6-13(17)7-12)14(20)9-19-15(21)2-1-10-3-4-18-8-10/h5-7,10,14,18,20H,1-4,8-9H2,(H,19,21). The third-order valence-electron chi connectivity index (χ3n) is 3.70. The molecule has 0 aliphatic carbocycles. The Morgan fingerprint density at radius 2 is 2.10 bits per heavy atom. The van der Waals surface area contributed by atoms with Gasteiger partial charge >= 0.3 is 0 Å². The Labute approximate surface area is 134 Å². The van der Waals surface area contributed by atoms with Crippen molar-refractivity contribution in [1.82, 2.24) is 10.6 Å². The van der Waals surface area contributed by atoms with E-state index >= 15 is 0 Å². The highest BCUT2D eigenvalue weighted by Crippen LogP contribution is 2.23. The lowest BCUT2D eigenvalue weighted by Crippen LogP contribution is -2.28. The lowest BCUT2D eigenvalue weighted by atomic mass is 10.0. The molecule has 1 heterocycles. The number of aliphatic hydroxyl groups is 1. The number of rotatable bonds is 6. The molecule has 2 atom stereocenters. The minimum absolute atomic E-state index is 0.0333. The molecule has 0 bridgehead atoms. The van der Waals surface area contributed by atoms with Gasteiger partial charge in [-0.2, -0.15) is 0 Å². The maximum Gasteiger partial charge on any atom is 0.220 e. The lowest BCUT2D eigenvalue weighted by Gasteiger charge is -2.14. The van der Waals surface area contributed by atoms with Crippen LogP contribution in [0.3, 0.4) is 0 Å². The Balaban J connectivity index is 1.74. The van der Waals surface area contributed by atoms with Crippen LogP contribution in [0.2, 0.25) is 10.0 Å². The maximum absolute atomic E-state index is 11.8. The Morgan fingerprint density at radius 3 is 2.71 bits per heavy atom. The first-order chi connectivity index (χ1) is 10.0. The summed E-state index contributed by atoms with van der Waals surface area (Å²) in [4.78, 5) is 11.8. The minimum atomic E-state index is -0.807. The van der Waals surface area contributed by atoms with E-state index in [1.807, 2.05) is 0 Å². The summed E-state index contributed by atoms with van der Waals surface area (Å²) < 4.78 is 0. The summed E-state index contributed by atoms with van der Waals surface area (Å²) in [6.07, 6.45) is 1.71. The van der Waals surface area contributed by atoms with Crippen molar-refractivity contribution in [1.29, 1.82) is 0 Å². The first-order valence-electron chi connectivity index (χ1n) is 7.16. The van der Waals surface area contributed by atoms with Crippen LogP contribution in [0, 0.1) is 5.92 Å². The number of amides is 1. The van der Waals surface area contributed by atoms with Gasteiger partial charge in [0.05, 0.1) is 6.10 Å². The molecule has 1 aliphatic heterocycles. The second-order valence-electron chi connectivity index (χ2n) is 5.42. The van der Waals surface area contributed by atoms with Gasteiger partial charge in [0.15, 0.2) is 0 Å². The van der Waals surface area contributed by atoms with Crippen molar-refractivity contribution in [2.24, 2.45) is 5.92 Å². The molecule has 1 aromatic rings. The van der Waals surface area contributed by atoms with Crippen LogP contribution >= 0.6 is 23.2 Å². The number of nitrogens with one attached hydrogen (secondary N) is 2. The molecule has 1 fully saturated rings. The van der Waals surface area contributed by atoms with Crippen LogP contribution in [-0.2, 0) is 4.79 Å². The summed E-state index contributed by atoms with van der Waals surface area (Å²) in [6.45, 7) is 2.20. The number of aliphatic hydroxyl groups excluding tert-OH is 1. The van der Waals surface area contributed by atoms with Crippen molar-refractivity contribution in [2.75, 3.05) is 19.6 Å². The van der Waals surface area contributed by atoms with E-state index in [-0.39, 0.29) is 12.5 Å². The van der Waals surface area contributed by atoms with E-state index in [9.17, 15) is 9.90 Å². The van der Waals surface area contributed by atoms with Crippen molar-refractivity contribution in [2.45, 2.75) is 25.4 Å². The first-order valence-corrected chi connectivity index (χ1v) is 7.91. The number of carbonyl (C=O) groups excluding carboxylic acids is 1. The summed E-state index contributed by atoms with van der Waals surface area (Å²) in [5, 5.41) is 17.0. The number of carbonyl (C=O) groups is 1. The summed E-state index contributed by atoms with van der Waals surface area (Å²) in [7, 11) is 0. The maximum atomic E-state index is 11.8. The smallest absolute Gasteiger partial charge is 0.220 e. The average Bonchev–Trinajstić information content (AvgIpc) is 2.94. The third kappa shape index (κ3) is 5.47. The molecule has 3 N–H and O–H groups in total. The van der Waals surface area contributed by atoms with Gasteiger partial charge in [-0.15, -0.1) is 0 Å². The zero-order valence-corrected chi connectivity index (χ0v) is 13.3. The molecule has 21 heavy (non-hydrogen) atoms. The Bertz CT molecular complexity index is 470. The highest BCUT2D eigenvalue weighted by Gasteiger charge is 2.16. The van der Waals surface area contributed by atoms with E-state index in [0.717, 1.165) is 25.9 Å². The first kappa shape index (κ1) is 16.6. The fourth-order valence-corrected chi connectivity index (χ4v) is 3.02. The van der Waals surface area contributed by atoms with Gasteiger partial charge in [0.25, 0.3) is 0 Å². The van der Waals surface area contributed by atoms with Crippen molar-refractivity contribution in [3.8, 4) is 0 Å². The fourth-order valence-electron chi connectivity index (χ4n) is 2.48. The highest BCUT2D eigenvalue weighted by molar-refractivity contribution is 6.34. The van der Waals surface area contributed by atoms with Crippen molar-refractivity contribution >= 4 is 29.1 Å². The van der Waals surface area contributed by atoms with Gasteiger partial charge in [0.2, 0.25) is 5.91 Å². The molecule has 2 unspecified atom stereocenters. The van der Waals surface area contributed by atoms with Crippen molar-refractivity contribution < 1.29 is 9.90 Å². The van der Waals surface area contributed by atoms with Crippen LogP contribution in [0.25, 0.3) is 0 Å². The van der Waals surface area contributed by atoms with E-state index in [0.29, 0.717) is 27.9 Å².